The van der Waals surface area contributed by atoms with Crippen molar-refractivity contribution in [2.45, 2.75) is 6.54 Å². The maximum Gasteiger partial charge on any atom is 0.350 e. The third kappa shape index (κ3) is 2.67. The molecule has 1 aliphatic rings. The molecule has 3 aromatic rings. The molecule has 124 valence electrons. The molecule has 0 saturated carbocycles. The highest BCUT2D eigenvalue weighted by atomic mass is 32.1. The molecule has 9 heteroatoms. The number of hydrogen-bond donors (Lipinski definition) is 0. The van der Waals surface area contributed by atoms with Gasteiger partial charge in [-0.3, -0.25) is 9.20 Å². The van der Waals surface area contributed by atoms with Gasteiger partial charge >= 0.3 is 5.69 Å². The minimum Gasteiger partial charge on any atom is -0.345 e. The van der Waals surface area contributed by atoms with Crippen molar-refractivity contribution < 1.29 is 4.79 Å². The number of anilines is 1. The summed E-state index contributed by atoms with van der Waals surface area (Å²) >= 11 is 1.60. The van der Waals surface area contributed by atoms with Gasteiger partial charge in [0.05, 0.1) is 0 Å². The van der Waals surface area contributed by atoms with Crippen LogP contribution in [0.4, 0.5) is 5.13 Å². The summed E-state index contributed by atoms with van der Waals surface area (Å²) in [5.74, 6) is -0.0840. The predicted molar refractivity (Wildman–Crippen MR) is 90.4 cm³/mol. The normalized spacial score (nSPS) is 15.2. The Morgan fingerprint density at radius 1 is 1.21 bits per heavy atom. The van der Waals surface area contributed by atoms with Gasteiger partial charge in [0, 0.05) is 44.0 Å². The summed E-state index contributed by atoms with van der Waals surface area (Å²) in [6, 6.07) is 5.32. The van der Waals surface area contributed by atoms with Gasteiger partial charge in [-0.1, -0.05) is 6.07 Å². The molecule has 0 unspecified atom stereocenters. The molecule has 1 fully saturated rings. The average Bonchev–Trinajstić information content (AvgIpc) is 3.25. The number of thiazole rings is 1. The number of carbonyl (C=O) groups excluding carboxylic acids is 1. The highest BCUT2D eigenvalue weighted by molar-refractivity contribution is 7.13. The van der Waals surface area contributed by atoms with Crippen molar-refractivity contribution in [1.82, 2.24) is 24.1 Å². The Morgan fingerprint density at radius 3 is 2.75 bits per heavy atom. The van der Waals surface area contributed by atoms with E-state index in [-0.39, 0.29) is 18.1 Å². The molecule has 0 aromatic carbocycles. The molecule has 24 heavy (non-hydrogen) atoms. The van der Waals surface area contributed by atoms with E-state index in [9.17, 15) is 9.59 Å². The van der Waals surface area contributed by atoms with Gasteiger partial charge < -0.3 is 9.80 Å². The van der Waals surface area contributed by atoms with Gasteiger partial charge in [-0.15, -0.1) is 16.4 Å². The van der Waals surface area contributed by atoms with E-state index in [0.29, 0.717) is 18.7 Å². The number of fused-ring (bicyclic) bond motifs is 1. The highest BCUT2D eigenvalue weighted by Gasteiger charge is 2.23. The van der Waals surface area contributed by atoms with E-state index in [2.05, 4.69) is 15.0 Å². The first-order chi connectivity index (χ1) is 11.7. The van der Waals surface area contributed by atoms with Gasteiger partial charge in [0.25, 0.3) is 0 Å². The van der Waals surface area contributed by atoms with Crippen LogP contribution in [0, 0.1) is 0 Å². The summed E-state index contributed by atoms with van der Waals surface area (Å²) in [5, 5.41) is 7.14. The SMILES string of the molecule is O=C(Cn1nc2ccccn2c1=O)N1CCN(c2nccs2)CC1. The summed E-state index contributed by atoms with van der Waals surface area (Å²) < 4.78 is 2.67. The van der Waals surface area contributed by atoms with Gasteiger partial charge in [0.2, 0.25) is 5.91 Å². The van der Waals surface area contributed by atoms with Crippen molar-refractivity contribution in [2.24, 2.45) is 0 Å². The van der Waals surface area contributed by atoms with Crippen LogP contribution in [-0.2, 0) is 11.3 Å². The Balaban J connectivity index is 1.43. The largest absolute Gasteiger partial charge is 0.350 e. The molecular weight excluding hydrogens is 328 g/mol. The van der Waals surface area contributed by atoms with Crippen molar-refractivity contribution in [2.75, 3.05) is 31.1 Å². The van der Waals surface area contributed by atoms with Crippen LogP contribution in [0.25, 0.3) is 5.65 Å². The lowest BCUT2D eigenvalue weighted by molar-refractivity contribution is -0.132. The molecule has 0 N–H and O–H groups in total. The molecule has 8 nitrogen and oxygen atoms in total. The monoisotopic (exact) mass is 344 g/mol. The van der Waals surface area contributed by atoms with Crippen molar-refractivity contribution in [3.8, 4) is 0 Å². The molecule has 0 spiro atoms. The lowest BCUT2D eigenvalue weighted by Gasteiger charge is -2.34. The molecule has 1 amide bonds. The first-order valence-corrected chi connectivity index (χ1v) is 8.57. The summed E-state index contributed by atoms with van der Waals surface area (Å²) in [6.45, 7) is 2.72. The predicted octanol–water partition coefficient (Wildman–Crippen LogP) is 0.301. The third-order valence-electron chi connectivity index (χ3n) is 4.10. The Bertz CT molecular complexity index is 908. The van der Waals surface area contributed by atoms with Gasteiger partial charge in [0.1, 0.15) is 6.54 Å². The van der Waals surface area contributed by atoms with Gasteiger partial charge in [-0.25, -0.2) is 14.5 Å². The van der Waals surface area contributed by atoms with E-state index >= 15 is 0 Å². The fraction of sp³-hybridized carbons (Fsp3) is 0.333. The smallest absolute Gasteiger partial charge is 0.345 e. The van der Waals surface area contributed by atoms with Crippen molar-refractivity contribution in [3.63, 3.8) is 0 Å². The lowest BCUT2D eigenvalue weighted by atomic mass is 10.3. The topological polar surface area (TPSA) is 75.7 Å². The van der Waals surface area contributed by atoms with E-state index in [1.165, 1.54) is 9.08 Å². The molecule has 3 aromatic heterocycles. The number of hydrogen-bond acceptors (Lipinski definition) is 6. The Morgan fingerprint density at radius 2 is 2.04 bits per heavy atom. The second-order valence-corrected chi connectivity index (χ2v) is 6.42. The van der Waals surface area contributed by atoms with Gasteiger partial charge in [0.15, 0.2) is 10.8 Å². The van der Waals surface area contributed by atoms with E-state index in [0.717, 1.165) is 18.2 Å². The van der Waals surface area contributed by atoms with Crippen molar-refractivity contribution in [1.29, 1.82) is 0 Å². The zero-order chi connectivity index (χ0) is 16.5. The summed E-state index contributed by atoms with van der Waals surface area (Å²) in [6.07, 6.45) is 3.44. The van der Waals surface area contributed by atoms with Crippen LogP contribution >= 0.6 is 11.3 Å². The second kappa shape index (κ2) is 6.08. The Hall–Kier alpha value is -2.68. The quantitative estimate of drug-likeness (QED) is 0.683. The molecular formula is C15H16N6O2S. The maximum absolute atomic E-state index is 12.5. The minimum atomic E-state index is -0.291. The summed E-state index contributed by atoms with van der Waals surface area (Å²) in [5.41, 5.74) is 0.254. The van der Waals surface area contributed by atoms with Crippen LogP contribution < -0.4 is 10.6 Å². The second-order valence-electron chi connectivity index (χ2n) is 5.55. The zero-order valence-corrected chi connectivity index (χ0v) is 13.7. The minimum absolute atomic E-state index is 0.0300. The van der Waals surface area contributed by atoms with Crippen LogP contribution in [-0.4, -0.2) is 56.2 Å². The number of aromatic nitrogens is 4. The van der Waals surface area contributed by atoms with E-state index < -0.39 is 0 Å². The molecule has 1 aliphatic heterocycles. The van der Waals surface area contributed by atoms with Crippen molar-refractivity contribution >= 4 is 28.0 Å². The molecule has 0 bridgehead atoms. The van der Waals surface area contributed by atoms with Crippen LogP contribution in [0.2, 0.25) is 0 Å². The highest BCUT2D eigenvalue weighted by Crippen LogP contribution is 2.18. The number of nitrogens with zero attached hydrogens (tertiary/aromatic N) is 6. The molecule has 0 aliphatic carbocycles. The standard InChI is InChI=1S/C15H16N6O2S/c22-13(11-21-15(23)20-5-2-1-3-12(20)17-21)18-6-8-19(9-7-18)14-16-4-10-24-14/h1-5,10H,6-9,11H2. The Labute approximate surface area is 141 Å². The Kier molecular flexibility index (Phi) is 3.77. The number of piperazine rings is 1. The molecule has 4 heterocycles. The van der Waals surface area contributed by atoms with Crippen LogP contribution in [0.3, 0.4) is 0 Å². The lowest BCUT2D eigenvalue weighted by Crippen LogP contribution is -2.50. The number of pyridine rings is 1. The molecule has 0 radical (unpaired) electrons. The summed E-state index contributed by atoms with van der Waals surface area (Å²) in [4.78, 5) is 33.0. The van der Waals surface area contributed by atoms with Crippen LogP contribution in [0.1, 0.15) is 0 Å². The van der Waals surface area contributed by atoms with Crippen LogP contribution in [0.5, 0.6) is 0 Å². The third-order valence-corrected chi connectivity index (χ3v) is 4.93. The van der Waals surface area contributed by atoms with E-state index in [1.54, 1.807) is 40.8 Å². The average molecular weight is 344 g/mol. The number of carbonyl (C=O) groups is 1. The van der Waals surface area contributed by atoms with E-state index in [4.69, 9.17) is 0 Å². The maximum atomic E-state index is 12.5. The first kappa shape index (κ1) is 14.9. The molecule has 0 atom stereocenters. The van der Waals surface area contributed by atoms with E-state index in [1.807, 2.05) is 11.4 Å². The number of amides is 1. The van der Waals surface area contributed by atoms with Gasteiger partial charge in [-0.05, 0) is 12.1 Å². The van der Waals surface area contributed by atoms with Crippen LogP contribution in [0.15, 0.2) is 40.8 Å². The fourth-order valence-corrected chi connectivity index (χ4v) is 3.52. The zero-order valence-electron chi connectivity index (χ0n) is 12.9. The fourth-order valence-electron chi connectivity index (χ4n) is 2.82. The first-order valence-electron chi connectivity index (χ1n) is 7.69. The van der Waals surface area contributed by atoms with Crippen molar-refractivity contribution in [3.05, 3.63) is 46.5 Å². The van der Waals surface area contributed by atoms with Gasteiger partial charge in [-0.2, -0.15) is 0 Å². The molecule has 1 saturated heterocycles. The molecule has 4 rings (SSSR count). The number of rotatable bonds is 3. The summed E-state index contributed by atoms with van der Waals surface area (Å²) in [7, 11) is 0.